The number of halogens is 3. The Morgan fingerprint density at radius 1 is 0.648 bits per heavy atom. The number of fused-ring (bicyclic) bond motifs is 4. The second kappa shape index (κ2) is 15.4. The average Bonchev–Trinajstić information content (AvgIpc) is 3.40. The van der Waals surface area contributed by atoms with Gasteiger partial charge in [-0.1, -0.05) is 147 Å². The van der Waals surface area contributed by atoms with Crippen LogP contribution >= 0.6 is 7.14 Å². The van der Waals surface area contributed by atoms with Crippen molar-refractivity contribution in [3.05, 3.63) is 185 Å². The molecule has 1 heterocycles. The molecule has 54 heavy (non-hydrogen) atoms. The molecule has 7 aromatic rings. The summed E-state index contributed by atoms with van der Waals surface area (Å²) in [6.45, 7) is 4.05. The molecule has 1 N–H and O–H groups in total. The number of aromatic nitrogens is 1. The van der Waals surface area contributed by atoms with E-state index < -0.39 is 41.4 Å². The normalized spacial score (nSPS) is 12.8. The van der Waals surface area contributed by atoms with Crippen LogP contribution < -0.4 is 21.5 Å². The molecule has 10 heteroatoms. The van der Waals surface area contributed by atoms with Crippen LogP contribution in [0.5, 0.6) is 5.75 Å². The van der Waals surface area contributed by atoms with E-state index in [9.17, 15) is 32.4 Å². The molecule has 0 aliphatic heterocycles. The van der Waals surface area contributed by atoms with E-state index in [1.54, 1.807) is 42.5 Å². The largest absolute Gasteiger partial charge is 0.506 e. The average molecular weight is 880 g/mol. The van der Waals surface area contributed by atoms with Gasteiger partial charge in [0, 0.05) is 81.8 Å². The van der Waals surface area contributed by atoms with Crippen LogP contribution in [0.1, 0.15) is 35.3 Å². The zero-order valence-corrected chi connectivity index (χ0v) is 32.4. The van der Waals surface area contributed by atoms with Crippen LogP contribution in [-0.2, 0) is 9.98 Å². The maximum atomic E-state index is 13.8. The molecule has 0 fully saturated rings. The van der Waals surface area contributed by atoms with Gasteiger partial charge in [0.05, 0.1) is 5.52 Å². The number of carbonyl (C=O) groups excluding carboxylic acids is 1. The molecule has 0 spiro atoms. The smallest absolute Gasteiger partial charge is 0.455 e. The second-order valence-corrected chi connectivity index (χ2v) is 16.0. The number of nitrogens with zero attached hydrogens (tertiary/aromatic N) is 1. The Hall–Kier alpha value is -4.40. The van der Waals surface area contributed by atoms with Crippen molar-refractivity contribution < 1.29 is 77.0 Å². The van der Waals surface area contributed by atoms with E-state index in [2.05, 4.69) is 0 Å². The summed E-state index contributed by atoms with van der Waals surface area (Å²) < 4.78 is 54.9. The van der Waals surface area contributed by atoms with Crippen LogP contribution in [0.4, 0.5) is 13.2 Å². The molecule has 0 saturated carbocycles. The fourth-order valence-corrected chi connectivity index (χ4v) is 9.78. The summed E-state index contributed by atoms with van der Waals surface area (Å²) in [7, 11) is -2.78. The van der Waals surface area contributed by atoms with E-state index >= 15 is 0 Å². The van der Waals surface area contributed by atoms with E-state index in [1.165, 1.54) is 0 Å². The third-order valence-corrected chi connectivity index (χ3v) is 12.8. The Labute approximate surface area is 351 Å². The Morgan fingerprint density at radius 3 is 1.57 bits per heavy atom. The molecule has 0 bridgehead atoms. The minimum atomic E-state index is -5.32. The van der Waals surface area contributed by atoms with Gasteiger partial charge in [-0.15, -0.1) is 0 Å². The van der Waals surface area contributed by atoms with E-state index in [0.29, 0.717) is 0 Å². The van der Waals surface area contributed by atoms with Crippen LogP contribution in [0.2, 0.25) is 0 Å². The summed E-state index contributed by atoms with van der Waals surface area (Å²) in [5, 5.41) is 13.4. The molecular weight excluding hydrogens is 846 g/mol. The van der Waals surface area contributed by atoms with E-state index in [1.807, 2.05) is 129 Å². The van der Waals surface area contributed by atoms with Gasteiger partial charge in [-0.2, -0.15) is 13.2 Å². The van der Waals surface area contributed by atoms with Crippen LogP contribution in [-0.4, -0.2) is 21.6 Å². The van der Waals surface area contributed by atoms with Crippen molar-refractivity contribution in [2.75, 3.05) is 0 Å². The van der Waals surface area contributed by atoms with E-state index in [-0.39, 0.29) is 66.0 Å². The molecule has 0 saturated heterocycles. The van der Waals surface area contributed by atoms with E-state index in [0.717, 1.165) is 42.7 Å². The Kier molecular flexibility index (Phi) is 11.2. The first-order valence-electron chi connectivity index (χ1n) is 16.8. The zero-order chi connectivity index (χ0) is 37.5. The molecule has 1 radical (unpaired) electrons. The summed E-state index contributed by atoms with van der Waals surface area (Å²) in [5.41, 5.74) is 1.09. The molecule has 6 aromatic carbocycles. The number of aromatic hydroxyl groups is 1. The first kappa shape index (κ1) is 39.3. The molecule has 1 aliphatic rings. The van der Waals surface area contributed by atoms with Crippen molar-refractivity contribution in [2.45, 2.75) is 25.4 Å². The number of ketones is 1. The number of hydrogen-bond acceptors (Lipinski definition) is 4. The fraction of sp³-hybridized carbons (Fsp3) is 0.0909. The first-order chi connectivity index (χ1) is 25.3. The van der Waals surface area contributed by atoms with Crippen LogP contribution in [0.15, 0.2) is 163 Å². The summed E-state index contributed by atoms with van der Waals surface area (Å²) >= 11 is 0. The number of benzene rings is 6. The summed E-state index contributed by atoms with van der Waals surface area (Å²) in [6.07, 6.45) is -5.32. The van der Waals surface area contributed by atoms with Gasteiger partial charge in [0.25, 0.3) is 11.3 Å². The van der Waals surface area contributed by atoms with Gasteiger partial charge in [0.15, 0.2) is 7.14 Å². The van der Waals surface area contributed by atoms with Gasteiger partial charge in [-0.05, 0) is 46.5 Å². The molecular formula is C44H33EuF3NO4P. The van der Waals surface area contributed by atoms with Gasteiger partial charge in [-0.3, -0.25) is 14.2 Å². The first-order valence-corrected chi connectivity index (χ1v) is 18.6. The number of alkyl halides is 3. The van der Waals surface area contributed by atoms with Crippen molar-refractivity contribution in [1.82, 2.24) is 4.57 Å². The minimum absolute atomic E-state index is 0. The Bertz CT molecular complexity index is 2490. The molecule has 1 aromatic heterocycles. The van der Waals surface area contributed by atoms with Crippen LogP contribution in [0.3, 0.4) is 0 Å². The van der Waals surface area contributed by atoms with Gasteiger partial charge < -0.3 is 9.67 Å². The standard InChI is InChI=1S/C26H18F3NO3.C18H15OP.Eu/c1-25(2)18-11-7-6-10-15(18)16-12-17-20(13-19(16)25)30(14-8-4-3-5-9-14)24(33)21(22(17)31)23(32)26(27,28)29;19-20(16-10-4-1-5-11-16,17-12-6-2-7-13-17)18-14-8-3-9-15-18;/h3-13,31H,1-2H3;1-15H;. The van der Waals surface area contributed by atoms with E-state index in [4.69, 9.17) is 0 Å². The van der Waals surface area contributed by atoms with Gasteiger partial charge in [0.2, 0.25) is 0 Å². The van der Waals surface area contributed by atoms with Gasteiger partial charge >= 0.3 is 6.18 Å². The number of Topliss-reactive ketones (excluding diaryl/α,β-unsaturated/α-hetero) is 1. The molecule has 8 rings (SSSR count). The molecule has 0 amide bonds. The minimum Gasteiger partial charge on any atom is -0.506 e. The van der Waals surface area contributed by atoms with Crippen molar-refractivity contribution in [3.63, 3.8) is 0 Å². The maximum absolute atomic E-state index is 13.8. The van der Waals surface area contributed by atoms with Crippen molar-refractivity contribution in [2.24, 2.45) is 0 Å². The number of pyridine rings is 1. The van der Waals surface area contributed by atoms with Crippen LogP contribution in [0, 0.1) is 49.4 Å². The Balaban J connectivity index is 0.000000203. The molecule has 0 atom stereocenters. The second-order valence-electron chi connectivity index (χ2n) is 13.2. The summed E-state index contributed by atoms with van der Waals surface area (Å²) in [4.78, 5) is 25.4. The molecule has 5 nitrogen and oxygen atoms in total. The summed E-state index contributed by atoms with van der Waals surface area (Å²) in [5.74, 6) is -3.34. The third-order valence-electron chi connectivity index (χ3n) is 9.71. The Morgan fingerprint density at radius 2 is 1.09 bits per heavy atom. The number of hydrogen-bond donors (Lipinski definition) is 1. The third kappa shape index (κ3) is 6.88. The topological polar surface area (TPSA) is 76.4 Å². The molecule has 0 unspecified atom stereocenters. The predicted molar refractivity (Wildman–Crippen MR) is 205 cm³/mol. The SMILES string of the molecule is CC1(C)c2ccccc2-c2cc3c(O)c(C(=O)C(F)(F)F)c(=O)n(-c4ccccc4)c3cc21.O=P(c1ccccc1)(c1ccccc1)c1ccccc1.[Eu]. The van der Waals surface area contributed by atoms with Crippen LogP contribution in [0.25, 0.3) is 27.7 Å². The predicted octanol–water partition coefficient (Wildman–Crippen LogP) is 9.07. The number of rotatable bonds is 5. The number of para-hydroxylation sites is 1. The molecule has 1 aliphatic carbocycles. The maximum Gasteiger partial charge on any atom is 0.455 e. The fourth-order valence-electron chi connectivity index (χ4n) is 7.11. The number of carbonyl (C=O) groups is 1. The van der Waals surface area contributed by atoms with Crippen molar-refractivity contribution in [3.8, 4) is 22.6 Å². The molecule has 271 valence electrons. The van der Waals surface area contributed by atoms with Gasteiger partial charge in [0.1, 0.15) is 11.3 Å². The van der Waals surface area contributed by atoms with Gasteiger partial charge in [-0.25, -0.2) is 0 Å². The monoisotopic (exact) mass is 880 g/mol. The summed E-state index contributed by atoms with van der Waals surface area (Å²) in [6, 6.07) is 48.2. The van der Waals surface area contributed by atoms with Crippen molar-refractivity contribution in [1.29, 1.82) is 0 Å². The van der Waals surface area contributed by atoms with Crippen molar-refractivity contribution >= 4 is 39.7 Å². The zero-order valence-electron chi connectivity index (χ0n) is 29.1. The quantitative estimate of drug-likeness (QED) is 0.138.